The second-order valence-electron chi connectivity index (χ2n) is 4.41. The number of aromatic nitrogens is 1. The molecule has 1 aromatic carbocycles. The van der Waals surface area contributed by atoms with Crippen molar-refractivity contribution < 1.29 is 4.79 Å². The molecule has 0 spiro atoms. The number of aromatic amines is 1. The number of nitrogens with one attached hydrogen (secondary N) is 2. The molecule has 5 nitrogen and oxygen atoms in total. The van der Waals surface area contributed by atoms with Crippen LogP contribution in [0.15, 0.2) is 35.1 Å². The van der Waals surface area contributed by atoms with Crippen LogP contribution in [0, 0.1) is 13.8 Å². The SMILES string of the molecule is Cc1cc(NC(=O)c2cccc(=O)[nH]2)c(C)cc1N. The molecule has 4 N–H and O–H groups in total. The molecule has 0 saturated carbocycles. The molecule has 0 atom stereocenters. The Morgan fingerprint density at radius 3 is 2.63 bits per heavy atom. The monoisotopic (exact) mass is 257 g/mol. The van der Waals surface area contributed by atoms with Gasteiger partial charge < -0.3 is 16.0 Å². The first kappa shape index (κ1) is 12.9. The molecule has 0 radical (unpaired) electrons. The lowest BCUT2D eigenvalue weighted by atomic mass is 10.1. The standard InChI is InChI=1S/C14H15N3O2/c1-8-7-12(9(2)6-10(8)15)17-14(19)11-4-3-5-13(18)16-11/h3-7H,15H2,1-2H3,(H,16,18)(H,17,19). The van der Waals surface area contributed by atoms with Crippen LogP contribution in [0.3, 0.4) is 0 Å². The van der Waals surface area contributed by atoms with Gasteiger partial charge in [-0.3, -0.25) is 9.59 Å². The molecular formula is C14H15N3O2. The molecule has 0 aliphatic heterocycles. The maximum atomic E-state index is 12.0. The van der Waals surface area contributed by atoms with Crippen LogP contribution >= 0.6 is 0 Å². The molecule has 1 heterocycles. The summed E-state index contributed by atoms with van der Waals surface area (Å²) in [6, 6.07) is 8.06. The van der Waals surface area contributed by atoms with E-state index >= 15 is 0 Å². The van der Waals surface area contributed by atoms with Crippen molar-refractivity contribution in [1.29, 1.82) is 0 Å². The van der Waals surface area contributed by atoms with Crippen molar-refractivity contribution in [2.24, 2.45) is 0 Å². The summed E-state index contributed by atoms with van der Waals surface area (Å²) in [7, 11) is 0. The summed E-state index contributed by atoms with van der Waals surface area (Å²) in [6.45, 7) is 3.73. The second kappa shape index (κ2) is 4.97. The van der Waals surface area contributed by atoms with Gasteiger partial charge in [0.15, 0.2) is 0 Å². The van der Waals surface area contributed by atoms with Crippen molar-refractivity contribution in [3.63, 3.8) is 0 Å². The molecule has 0 bridgehead atoms. The molecule has 5 heteroatoms. The van der Waals surface area contributed by atoms with E-state index in [0.717, 1.165) is 11.1 Å². The van der Waals surface area contributed by atoms with Crippen molar-refractivity contribution in [3.8, 4) is 0 Å². The predicted molar refractivity (Wildman–Crippen MR) is 75.3 cm³/mol. The van der Waals surface area contributed by atoms with Crippen molar-refractivity contribution in [1.82, 2.24) is 4.98 Å². The van der Waals surface area contributed by atoms with E-state index in [4.69, 9.17) is 5.73 Å². The van der Waals surface area contributed by atoms with Gasteiger partial charge in [-0.2, -0.15) is 0 Å². The van der Waals surface area contributed by atoms with Gasteiger partial charge >= 0.3 is 0 Å². The predicted octanol–water partition coefficient (Wildman–Crippen LogP) is 1.83. The molecule has 1 aromatic heterocycles. The number of aryl methyl sites for hydroxylation is 2. The van der Waals surface area contributed by atoms with Gasteiger partial charge in [0.05, 0.1) is 0 Å². The van der Waals surface area contributed by atoms with Crippen LogP contribution in [-0.4, -0.2) is 10.9 Å². The molecule has 0 fully saturated rings. The van der Waals surface area contributed by atoms with E-state index in [1.54, 1.807) is 12.1 Å². The number of anilines is 2. The Kier molecular flexibility index (Phi) is 3.37. The number of carbonyl (C=O) groups is 1. The summed E-state index contributed by atoms with van der Waals surface area (Å²) in [4.78, 5) is 25.6. The Hall–Kier alpha value is -2.56. The van der Waals surface area contributed by atoms with Crippen LogP contribution in [0.25, 0.3) is 0 Å². The topological polar surface area (TPSA) is 88.0 Å². The normalized spacial score (nSPS) is 10.2. The summed E-state index contributed by atoms with van der Waals surface area (Å²) in [5.41, 5.74) is 8.83. The summed E-state index contributed by atoms with van der Waals surface area (Å²) < 4.78 is 0. The number of rotatable bonds is 2. The number of hydrogen-bond donors (Lipinski definition) is 3. The average Bonchev–Trinajstić information content (AvgIpc) is 2.36. The zero-order valence-corrected chi connectivity index (χ0v) is 10.8. The van der Waals surface area contributed by atoms with E-state index in [2.05, 4.69) is 10.3 Å². The smallest absolute Gasteiger partial charge is 0.272 e. The first-order chi connectivity index (χ1) is 8.97. The third-order valence-corrected chi connectivity index (χ3v) is 2.87. The lowest BCUT2D eigenvalue weighted by Crippen LogP contribution is -2.18. The summed E-state index contributed by atoms with van der Waals surface area (Å²) >= 11 is 0. The number of amides is 1. The van der Waals surface area contributed by atoms with Gasteiger partial charge in [-0.1, -0.05) is 6.07 Å². The average molecular weight is 257 g/mol. The summed E-state index contributed by atoms with van der Waals surface area (Å²) in [5, 5.41) is 2.76. The Morgan fingerprint density at radius 1 is 1.21 bits per heavy atom. The van der Waals surface area contributed by atoms with Crippen molar-refractivity contribution in [2.45, 2.75) is 13.8 Å². The van der Waals surface area contributed by atoms with Gasteiger partial charge in [0.1, 0.15) is 5.69 Å². The van der Waals surface area contributed by atoms with Gasteiger partial charge in [-0.05, 0) is 43.2 Å². The fraction of sp³-hybridized carbons (Fsp3) is 0.143. The molecule has 0 saturated heterocycles. The molecule has 98 valence electrons. The Morgan fingerprint density at radius 2 is 1.95 bits per heavy atom. The van der Waals surface area contributed by atoms with Gasteiger partial charge in [0.25, 0.3) is 5.91 Å². The van der Waals surface area contributed by atoms with Gasteiger partial charge in [0.2, 0.25) is 5.56 Å². The van der Waals surface area contributed by atoms with E-state index in [1.807, 2.05) is 19.9 Å². The zero-order chi connectivity index (χ0) is 14.0. The van der Waals surface area contributed by atoms with E-state index in [9.17, 15) is 9.59 Å². The van der Waals surface area contributed by atoms with Crippen LogP contribution in [0.4, 0.5) is 11.4 Å². The second-order valence-corrected chi connectivity index (χ2v) is 4.41. The van der Waals surface area contributed by atoms with E-state index in [0.29, 0.717) is 11.4 Å². The first-order valence-electron chi connectivity index (χ1n) is 5.85. The van der Waals surface area contributed by atoms with E-state index < -0.39 is 0 Å². The molecule has 19 heavy (non-hydrogen) atoms. The van der Waals surface area contributed by atoms with Crippen LogP contribution in [0.2, 0.25) is 0 Å². The molecule has 2 rings (SSSR count). The number of pyridine rings is 1. The Bertz CT molecular complexity index is 689. The number of carbonyl (C=O) groups excluding carboxylic acids is 1. The number of nitrogens with two attached hydrogens (primary N) is 1. The lowest BCUT2D eigenvalue weighted by Gasteiger charge is -2.11. The highest BCUT2D eigenvalue weighted by molar-refractivity contribution is 6.03. The van der Waals surface area contributed by atoms with Gasteiger partial charge in [-0.25, -0.2) is 0 Å². The third kappa shape index (κ3) is 2.82. The maximum absolute atomic E-state index is 12.0. The Labute approximate surface area is 110 Å². The highest BCUT2D eigenvalue weighted by atomic mass is 16.2. The maximum Gasteiger partial charge on any atom is 0.272 e. The van der Waals surface area contributed by atoms with Crippen LogP contribution in [0.1, 0.15) is 21.6 Å². The quantitative estimate of drug-likeness (QED) is 0.717. The fourth-order valence-corrected chi connectivity index (χ4v) is 1.74. The minimum atomic E-state index is -0.357. The number of hydrogen-bond acceptors (Lipinski definition) is 3. The van der Waals surface area contributed by atoms with Crippen LogP contribution < -0.4 is 16.6 Å². The van der Waals surface area contributed by atoms with Crippen LogP contribution in [-0.2, 0) is 0 Å². The van der Waals surface area contributed by atoms with Crippen molar-refractivity contribution in [2.75, 3.05) is 11.1 Å². The lowest BCUT2D eigenvalue weighted by molar-refractivity contribution is 0.102. The summed E-state index contributed by atoms with van der Waals surface area (Å²) in [5.74, 6) is -0.357. The number of H-pyrrole nitrogens is 1. The van der Waals surface area contributed by atoms with Crippen molar-refractivity contribution in [3.05, 3.63) is 57.5 Å². The molecule has 2 aromatic rings. The minimum Gasteiger partial charge on any atom is -0.399 e. The molecular weight excluding hydrogens is 242 g/mol. The Balaban J connectivity index is 2.29. The highest BCUT2D eigenvalue weighted by Gasteiger charge is 2.09. The zero-order valence-electron chi connectivity index (χ0n) is 10.8. The van der Waals surface area contributed by atoms with Gasteiger partial charge in [0, 0.05) is 17.4 Å². The van der Waals surface area contributed by atoms with E-state index in [-0.39, 0.29) is 17.2 Å². The number of benzene rings is 1. The fourth-order valence-electron chi connectivity index (χ4n) is 1.74. The molecule has 0 unspecified atom stereocenters. The third-order valence-electron chi connectivity index (χ3n) is 2.87. The summed E-state index contributed by atoms with van der Waals surface area (Å²) in [6.07, 6.45) is 0. The van der Waals surface area contributed by atoms with E-state index in [1.165, 1.54) is 12.1 Å². The molecule has 0 aliphatic rings. The minimum absolute atomic E-state index is 0.223. The number of nitrogen functional groups attached to an aromatic ring is 1. The highest BCUT2D eigenvalue weighted by Crippen LogP contribution is 2.22. The first-order valence-corrected chi connectivity index (χ1v) is 5.85. The molecule has 0 aliphatic carbocycles. The van der Waals surface area contributed by atoms with Crippen molar-refractivity contribution >= 4 is 17.3 Å². The van der Waals surface area contributed by atoms with Gasteiger partial charge in [-0.15, -0.1) is 0 Å². The largest absolute Gasteiger partial charge is 0.399 e. The van der Waals surface area contributed by atoms with Crippen LogP contribution in [0.5, 0.6) is 0 Å². The molecule has 1 amide bonds.